The van der Waals surface area contributed by atoms with Crippen LogP contribution in [-0.4, -0.2) is 56.3 Å². The second-order valence-electron chi connectivity index (χ2n) is 5.38. The number of piperazine rings is 1. The van der Waals surface area contributed by atoms with Gasteiger partial charge in [-0.3, -0.25) is 4.79 Å². The maximum absolute atomic E-state index is 12.7. The first-order chi connectivity index (χ1) is 10.0. The van der Waals surface area contributed by atoms with E-state index in [1.807, 2.05) is 0 Å². The number of fused-ring (bicyclic) bond motifs is 1. The van der Waals surface area contributed by atoms with Gasteiger partial charge in [0.1, 0.15) is 0 Å². The average molecular weight is 309 g/mol. The molecule has 2 heterocycles. The van der Waals surface area contributed by atoms with E-state index in [2.05, 4.69) is 17.1 Å². The SMILES string of the molecule is CCN1CCN(S(=O)(=O)c2ccc3c(c2)CC(=O)N3)CC1. The summed E-state index contributed by atoms with van der Waals surface area (Å²) in [5.41, 5.74) is 1.48. The van der Waals surface area contributed by atoms with Crippen molar-refractivity contribution in [2.24, 2.45) is 0 Å². The topological polar surface area (TPSA) is 69.7 Å². The van der Waals surface area contributed by atoms with Gasteiger partial charge < -0.3 is 10.2 Å². The number of anilines is 1. The Hall–Kier alpha value is -1.44. The number of nitrogens with zero attached hydrogens (tertiary/aromatic N) is 2. The van der Waals surface area contributed by atoms with Gasteiger partial charge in [0.25, 0.3) is 0 Å². The molecule has 0 aliphatic carbocycles. The van der Waals surface area contributed by atoms with Crippen molar-refractivity contribution in [3.8, 4) is 0 Å². The molecular weight excluding hydrogens is 290 g/mol. The monoisotopic (exact) mass is 309 g/mol. The number of carbonyl (C=O) groups is 1. The summed E-state index contributed by atoms with van der Waals surface area (Å²) >= 11 is 0. The van der Waals surface area contributed by atoms with E-state index in [1.54, 1.807) is 18.2 Å². The van der Waals surface area contributed by atoms with Crippen LogP contribution >= 0.6 is 0 Å². The lowest BCUT2D eigenvalue weighted by molar-refractivity contribution is -0.115. The largest absolute Gasteiger partial charge is 0.326 e. The summed E-state index contributed by atoms with van der Waals surface area (Å²) in [7, 11) is -3.47. The second kappa shape index (κ2) is 5.40. The molecule has 1 fully saturated rings. The first kappa shape index (κ1) is 14.5. The van der Waals surface area contributed by atoms with Crippen LogP contribution in [0.25, 0.3) is 0 Å². The van der Waals surface area contributed by atoms with E-state index < -0.39 is 10.0 Å². The Bertz CT molecular complexity index is 664. The van der Waals surface area contributed by atoms with Crippen LogP contribution in [-0.2, 0) is 21.2 Å². The molecule has 3 rings (SSSR count). The summed E-state index contributed by atoms with van der Waals surface area (Å²) in [6, 6.07) is 4.87. The summed E-state index contributed by atoms with van der Waals surface area (Å²) in [6.07, 6.45) is 0.252. The smallest absolute Gasteiger partial charge is 0.243 e. The number of rotatable bonds is 3. The Morgan fingerprint density at radius 1 is 1.19 bits per heavy atom. The molecule has 1 amide bonds. The molecule has 0 saturated carbocycles. The highest BCUT2D eigenvalue weighted by molar-refractivity contribution is 7.89. The van der Waals surface area contributed by atoms with Crippen molar-refractivity contribution >= 4 is 21.6 Å². The number of sulfonamides is 1. The molecule has 0 bridgehead atoms. The predicted molar refractivity (Wildman–Crippen MR) is 79.6 cm³/mol. The Morgan fingerprint density at radius 2 is 1.90 bits per heavy atom. The van der Waals surface area contributed by atoms with Crippen molar-refractivity contribution in [2.45, 2.75) is 18.2 Å². The summed E-state index contributed by atoms with van der Waals surface area (Å²) in [4.78, 5) is 13.9. The normalized spacial score (nSPS) is 20.3. The lowest BCUT2D eigenvalue weighted by Gasteiger charge is -2.33. The van der Waals surface area contributed by atoms with E-state index in [-0.39, 0.29) is 17.2 Å². The first-order valence-electron chi connectivity index (χ1n) is 7.16. The average Bonchev–Trinajstić information content (AvgIpc) is 2.86. The Labute approximate surface area is 124 Å². The third kappa shape index (κ3) is 2.68. The standard InChI is InChI=1S/C14H19N3O3S/c1-2-16-5-7-17(8-6-16)21(19,20)12-3-4-13-11(9-12)10-14(18)15-13/h3-4,9H,2,5-8,10H2,1H3,(H,15,18). The van der Waals surface area contributed by atoms with Gasteiger partial charge in [-0.15, -0.1) is 0 Å². The summed E-state index contributed by atoms with van der Waals surface area (Å²) < 4.78 is 26.9. The molecule has 21 heavy (non-hydrogen) atoms. The minimum atomic E-state index is -3.47. The first-order valence-corrected chi connectivity index (χ1v) is 8.60. The third-order valence-electron chi connectivity index (χ3n) is 4.12. The van der Waals surface area contributed by atoms with Gasteiger partial charge in [0.2, 0.25) is 15.9 Å². The van der Waals surface area contributed by atoms with E-state index in [9.17, 15) is 13.2 Å². The molecule has 1 aromatic carbocycles. The maximum Gasteiger partial charge on any atom is 0.243 e. The summed E-state index contributed by atoms with van der Waals surface area (Å²) in [5, 5.41) is 2.71. The fourth-order valence-electron chi connectivity index (χ4n) is 2.80. The second-order valence-corrected chi connectivity index (χ2v) is 7.32. The molecule has 0 radical (unpaired) electrons. The van der Waals surface area contributed by atoms with E-state index in [0.29, 0.717) is 13.1 Å². The molecule has 2 aliphatic heterocycles. The molecule has 0 spiro atoms. The number of benzene rings is 1. The molecule has 0 atom stereocenters. The zero-order valence-electron chi connectivity index (χ0n) is 12.0. The van der Waals surface area contributed by atoms with E-state index in [1.165, 1.54) is 4.31 Å². The zero-order chi connectivity index (χ0) is 15.0. The highest BCUT2D eigenvalue weighted by Crippen LogP contribution is 2.27. The van der Waals surface area contributed by atoms with Crippen LogP contribution in [0.1, 0.15) is 12.5 Å². The van der Waals surface area contributed by atoms with Crippen molar-refractivity contribution < 1.29 is 13.2 Å². The highest BCUT2D eigenvalue weighted by atomic mass is 32.2. The number of carbonyl (C=O) groups excluding carboxylic acids is 1. The van der Waals surface area contributed by atoms with Crippen molar-refractivity contribution in [3.63, 3.8) is 0 Å². The number of amides is 1. The third-order valence-corrected chi connectivity index (χ3v) is 6.01. The number of hydrogen-bond donors (Lipinski definition) is 1. The Balaban J connectivity index is 1.83. The van der Waals surface area contributed by atoms with Gasteiger partial charge in [-0.2, -0.15) is 4.31 Å². The van der Waals surface area contributed by atoms with Crippen molar-refractivity contribution in [2.75, 3.05) is 38.0 Å². The van der Waals surface area contributed by atoms with Gasteiger partial charge in [-0.25, -0.2) is 8.42 Å². The van der Waals surface area contributed by atoms with Gasteiger partial charge >= 0.3 is 0 Å². The van der Waals surface area contributed by atoms with Crippen LogP contribution in [0, 0.1) is 0 Å². The van der Waals surface area contributed by atoms with Crippen LogP contribution in [0.3, 0.4) is 0 Å². The molecule has 1 aromatic rings. The van der Waals surface area contributed by atoms with Crippen LogP contribution in [0.4, 0.5) is 5.69 Å². The predicted octanol–water partition coefficient (Wildman–Crippen LogP) is 0.507. The number of likely N-dealkylation sites (N-methyl/N-ethyl adjacent to an activating group) is 1. The quantitative estimate of drug-likeness (QED) is 0.883. The van der Waals surface area contributed by atoms with Gasteiger partial charge in [-0.05, 0) is 30.3 Å². The van der Waals surface area contributed by atoms with Crippen LogP contribution in [0.5, 0.6) is 0 Å². The lowest BCUT2D eigenvalue weighted by Crippen LogP contribution is -2.48. The Kier molecular flexibility index (Phi) is 3.73. The maximum atomic E-state index is 12.7. The van der Waals surface area contributed by atoms with Crippen molar-refractivity contribution in [3.05, 3.63) is 23.8 Å². The van der Waals surface area contributed by atoms with Crippen LogP contribution < -0.4 is 5.32 Å². The number of hydrogen-bond acceptors (Lipinski definition) is 4. The minimum Gasteiger partial charge on any atom is -0.326 e. The van der Waals surface area contributed by atoms with Gasteiger partial charge in [0, 0.05) is 31.9 Å². The van der Waals surface area contributed by atoms with E-state index in [0.717, 1.165) is 30.9 Å². The molecule has 0 aromatic heterocycles. The van der Waals surface area contributed by atoms with Gasteiger partial charge in [0.15, 0.2) is 0 Å². The lowest BCUT2D eigenvalue weighted by atomic mass is 10.2. The fourth-order valence-corrected chi connectivity index (χ4v) is 4.27. The molecule has 6 nitrogen and oxygen atoms in total. The molecule has 7 heteroatoms. The summed E-state index contributed by atoms with van der Waals surface area (Å²) in [5.74, 6) is -0.0869. The van der Waals surface area contributed by atoms with Crippen molar-refractivity contribution in [1.29, 1.82) is 0 Å². The minimum absolute atomic E-state index is 0.0869. The van der Waals surface area contributed by atoms with Crippen molar-refractivity contribution in [1.82, 2.24) is 9.21 Å². The van der Waals surface area contributed by atoms with Gasteiger partial charge in [0.05, 0.1) is 11.3 Å². The molecular formula is C14H19N3O3S. The molecule has 1 saturated heterocycles. The number of nitrogens with one attached hydrogen (secondary N) is 1. The molecule has 114 valence electrons. The van der Waals surface area contributed by atoms with E-state index >= 15 is 0 Å². The van der Waals surface area contributed by atoms with Gasteiger partial charge in [-0.1, -0.05) is 6.92 Å². The molecule has 1 N–H and O–H groups in total. The highest BCUT2D eigenvalue weighted by Gasteiger charge is 2.29. The molecule has 0 unspecified atom stereocenters. The fraction of sp³-hybridized carbons (Fsp3) is 0.500. The van der Waals surface area contributed by atoms with Crippen LogP contribution in [0.2, 0.25) is 0 Å². The summed E-state index contributed by atoms with van der Waals surface area (Å²) in [6.45, 7) is 5.59. The zero-order valence-corrected chi connectivity index (χ0v) is 12.8. The molecule has 2 aliphatic rings. The Morgan fingerprint density at radius 3 is 2.57 bits per heavy atom. The van der Waals surface area contributed by atoms with E-state index in [4.69, 9.17) is 0 Å². The van der Waals surface area contributed by atoms with Crippen LogP contribution in [0.15, 0.2) is 23.1 Å².